The van der Waals surface area contributed by atoms with E-state index in [-0.39, 0.29) is 5.41 Å². The molecule has 0 saturated carbocycles. The van der Waals surface area contributed by atoms with E-state index in [1.165, 1.54) is 0 Å². The van der Waals surface area contributed by atoms with Crippen LogP contribution in [0.5, 0.6) is 0 Å². The summed E-state index contributed by atoms with van der Waals surface area (Å²) in [5, 5.41) is 6.91. The second-order valence-electron chi connectivity index (χ2n) is 6.31. The SMILES string of the molecule is CCNc1nc(C(C)(C)C)nc(NC(CC)CC)c1C. The highest BCUT2D eigenvalue weighted by Crippen LogP contribution is 2.27. The number of hydrogen-bond acceptors (Lipinski definition) is 4. The number of hydrogen-bond donors (Lipinski definition) is 2. The maximum absolute atomic E-state index is 4.76. The van der Waals surface area contributed by atoms with E-state index in [9.17, 15) is 0 Å². The second-order valence-corrected chi connectivity index (χ2v) is 6.31. The van der Waals surface area contributed by atoms with Crippen LogP contribution in [-0.2, 0) is 5.41 Å². The first-order valence-electron chi connectivity index (χ1n) is 7.72. The standard InChI is InChI=1S/C16H30N4/c1-8-12(9-2)18-14-11(4)13(17-10-3)19-15(20-14)16(5,6)7/h12H,8-10H2,1-7H3,(H2,17,18,19,20). The van der Waals surface area contributed by atoms with Gasteiger partial charge in [-0.05, 0) is 26.7 Å². The summed E-state index contributed by atoms with van der Waals surface area (Å²) in [6.45, 7) is 15.9. The fraction of sp³-hybridized carbons (Fsp3) is 0.750. The van der Waals surface area contributed by atoms with Gasteiger partial charge in [-0.2, -0.15) is 0 Å². The predicted octanol–water partition coefficient (Wildman–Crippen LogP) is 4.11. The lowest BCUT2D eigenvalue weighted by Gasteiger charge is -2.23. The van der Waals surface area contributed by atoms with E-state index in [0.717, 1.165) is 42.4 Å². The van der Waals surface area contributed by atoms with Crippen molar-refractivity contribution >= 4 is 11.6 Å². The predicted molar refractivity (Wildman–Crippen MR) is 87.6 cm³/mol. The van der Waals surface area contributed by atoms with E-state index in [1.807, 2.05) is 0 Å². The zero-order valence-corrected chi connectivity index (χ0v) is 14.1. The van der Waals surface area contributed by atoms with Crippen molar-refractivity contribution in [2.24, 2.45) is 0 Å². The molecule has 0 aliphatic carbocycles. The number of nitrogens with one attached hydrogen (secondary N) is 2. The highest BCUT2D eigenvalue weighted by molar-refractivity contribution is 5.58. The average Bonchev–Trinajstić information content (AvgIpc) is 2.38. The summed E-state index contributed by atoms with van der Waals surface area (Å²) in [5.41, 5.74) is 1.05. The Morgan fingerprint density at radius 1 is 1.00 bits per heavy atom. The maximum atomic E-state index is 4.76. The molecule has 1 aromatic rings. The Balaban J connectivity index is 3.23. The van der Waals surface area contributed by atoms with Gasteiger partial charge in [0.25, 0.3) is 0 Å². The molecule has 0 saturated heterocycles. The molecule has 20 heavy (non-hydrogen) atoms. The summed E-state index contributed by atoms with van der Waals surface area (Å²) < 4.78 is 0. The van der Waals surface area contributed by atoms with Crippen molar-refractivity contribution in [3.8, 4) is 0 Å². The molecule has 1 heterocycles. The summed E-state index contributed by atoms with van der Waals surface area (Å²) in [5.74, 6) is 2.79. The minimum atomic E-state index is -0.0533. The maximum Gasteiger partial charge on any atom is 0.138 e. The molecule has 0 atom stereocenters. The van der Waals surface area contributed by atoms with E-state index < -0.39 is 0 Å². The Morgan fingerprint density at radius 2 is 1.55 bits per heavy atom. The van der Waals surface area contributed by atoms with Crippen molar-refractivity contribution in [3.63, 3.8) is 0 Å². The van der Waals surface area contributed by atoms with Crippen molar-refractivity contribution in [2.75, 3.05) is 17.2 Å². The third kappa shape index (κ3) is 4.09. The quantitative estimate of drug-likeness (QED) is 0.822. The molecule has 4 heteroatoms. The topological polar surface area (TPSA) is 49.8 Å². The van der Waals surface area contributed by atoms with E-state index >= 15 is 0 Å². The van der Waals surface area contributed by atoms with Gasteiger partial charge in [0.15, 0.2) is 0 Å². The summed E-state index contributed by atoms with van der Waals surface area (Å²) >= 11 is 0. The Kier molecular flexibility index (Phi) is 5.78. The van der Waals surface area contributed by atoms with Crippen molar-refractivity contribution < 1.29 is 0 Å². The summed E-state index contributed by atoms with van der Waals surface area (Å²) in [6.07, 6.45) is 2.20. The number of rotatable bonds is 6. The van der Waals surface area contributed by atoms with Crippen molar-refractivity contribution in [3.05, 3.63) is 11.4 Å². The molecule has 0 aliphatic heterocycles. The van der Waals surface area contributed by atoms with Crippen molar-refractivity contribution in [2.45, 2.75) is 72.8 Å². The number of aromatic nitrogens is 2. The highest BCUT2D eigenvalue weighted by atomic mass is 15.1. The summed E-state index contributed by atoms with van der Waals surface area (Å²) in [7, 11) is 0. The van der Waals surface area contributed by atoms with Gasteiger partial charge in [-0.1, -0.05) is 34.6 Å². The van der Waals surface area contributed by atoms with Crippen LogP contribution in [-0.4, -0.2) is 22.6 Å². The molecule has 114 valence electrons. The lowest BCUT2D eigenvalue weighted by atomic mass is 9.95. The van der Waals surface area contributed by atoms with Crippen LogP contribution in [0.2, 0.25) is 0 Å². The Morgan fingerprint density at radius 3 is 2.00 bits per heavy atom. The van der Waals surface area contributed by atoms with Gasteiger partial charge in [-0.15, -0.1) is 0 Å². The minimum absolute atomic E-state index is 0.0533. The molecule has 0 aromatic carbocycles. The fourth-order valence-corrected chi connectivity index (χ4v) is 2.02. The third-order valence-electron chi connectivity index (χ3n) is 3.49. The van der Waals surface area contributed by atoms with Crippen LogP contribution in [0.4, 0.5) is 11.6 Å². The van der Waals surface area contributed by atoms with E-state index in [4.69, 9.17) is 9.97 Å². The summed E-state index contributed by atoms with van der Waals surface area (Å²) in [4.78, 5) is 9.45. The molecule has 0 spiro atoms. The van der Waals surface area contributed by atoms with E-state index in [0.29, 0.717) is 6.04 Å². The van der Waals surface area contributed by atoms with Gasteiger partial charge in [0.05, 0.1) is 0 Å². The molecule has 0 bridgehead atoms. The van der Waals surface area contributed by atoms with Crippen LogP contribution in [0.3, 0.4) is 0 Å². The van der Waals surface area contributed by atoms with Gasteiger partial charge in [0.2, 0.25) is 0 Å². The molecule has 1 rings (SSSR count). The molecule has 0 amide bonds. The van der Waals surface area contributed by atoms with Crippen LogP contribution >= 0.6 is 0 Å². The first kappa shape index (κ1) is 16.7. The Labute approximate surface area is 123 Å². The zero-order chi connectivity index (χ0) is 15.3. The Bertz CT molecular complexity index is 431. The molecule has 0 fully saturated rings. The number of anilines is 2. The molecular weight excluding hydrogens is 248 g/mol. The molecule has 0 aliphatic rings. The van der Waals surface area contributed by atoms with Gasteiger partial charge in [0, 0.05) is 23.6 Å². The molecule has 4 nitrogen and oxygen atoms in total. The molecular formula is C16H30N4. The smallest absolute Gasteiger partial charge is 0.138 e. The van der Waals surface area contributed by atoms with Crippen LogP contribution < -0.4 is 10.6 Å². The van der Waals surface area contributed by atoms with Crippen molar-refractivity contribution in [1.82, 2.24) is 9.97 Å². The van der Waals surface area contributed by atoms with Gasteiger partial charge < -0.3 is 10.6 Å². The Hall–Kier alpha value is -1.32. The molecule has 1 aromatic heterocycles. The average molecular weight is 278 g/mol. The van der Waals surface area contributed by atoms with Crippen molar-refractivity contribution in [1.29, 1.82) is 0 Å². The normalized spacial score (nSPS) is 11.8. The van der Waals surface area contributed by atoms with Gasteiger partial charge >= 0.3 is 0 Å². The fourth-order valence-electron chi connectivity index (χ4n) is 2.02. The van der Waals surface area contributed by atoms with Crippen LogP contribution in [0.25, 0.3) is 0 Å². The van der Waals surface area contributed by atoms with Crippen LogP contribution in [0.15, 0.2) is 0 Å². The lowest BCUT2D eigenvalue weighted by molar-refractivity contribution is 0.544. The van der Waals surface area contributed by atoms with Crippen LogP contribution in [0.1, 0.15) is 65.8 Å². The van der Waals surface area contributed by atoms with E-state index in [1.54, 1.807) is 0 Å². The van der Waals surface area contributed by atoms with Gasteiger partial charge in [-0.3, -0.25) is 0 Å². The second kappa shape index (κ2) is 6.91. The number of nitrogens with zero attached hydrogens (tertiary/aromatic N) is 2. The zero-order valence-electron chi connectivity index (χ0n) is 14.1. The first-order chi connectivity index (χ1) is 9.33. The third-order valence-corrected chi connectivity index (χ3v) is 3.49. The lowest BCUT2D eigenvalue weighted by Crippen LogP contribution is -2.23. The molecule has 0 unspecified atom stereocenters. The largest absolute Gasteiger partial charge is 0.370 e. The highest BCUT2D eigenvalue weighted by Gasteiger charge is 2.21. The minimum Gasteiger partial charge on any atom is -0.370 e. The summed E-state index contributed by atoms with van der Waals surface area (Å²) in [6, 6.07) is 0.464. The van der Waals surface area contributed by atoms with Crippen LogP contribution in [0, 0.1) is 6.92 Å². The van der Waals surface area contributed by atoms with E-state index in [2.05, 4.69) is 59.1 Å². The van der Waals surface area contributed by atoms with Gasteiger partial charge in [0.1, 0.15) is 17.5 Å². The molecule has 0 radical (unpaired) electrons. The molecule has 2 N–H and O–H groups in total. The van der Waals surface area contributed by atoms with Gasteiger partial charge in [-0.25, -0.2) is 9.97 Å². The first-order valence-corrected chi connectivity index (χ1v) is 7.72. The monoisotopic (exact) mass is 278 g/mol.